The Morgan fingerprint density at radius 2 is 1.76 bits per heavy atom. The molecule has 1 saturated heterocycles. The van der Waals surface area contributed by atoms with Crippen LogP contribution in [0.3, 0.4) is 0 Å². The molecule has 0 saturated carbocycles. The van der Waals surface area contributed by atoms with Gasteiger partial charge in [0.05, 0.1) is 22.6 Å². The van der Waals surface area contributed by atoms with Gasteiger partial charge in [0.15, 0.2) is 0 Å². The Kier molecular flexibility index (Phi) is 7.92. The molecule has 0 radical (unpaired) electrons. The quantitative estimate of drug-likeness (QED) is 0.293. The molecule has 2 aromatic rings. The second-order valence-electron chi connectivity index (χ2n) is 9.36. The predicted octanol–water partition coefficient (Wildman–Crippen LogP) is 3.99. The van der Waals surface area contributed by atoms with E-state index >= 15 is 0 Å². The van der Waals surface area contributed by atoms with E-state index in [2.05, 4.69) is 34.6 Å². The van der Waals surface area contributed by atoms with Crippen LogP contribution >= 0.6 is 0 Å². The fourth-order valence-electron chi connectivity index (χ4n) is 3.34. The molecule has 8 nitrogen and oxygen atoms in total. The van der Waals surface area contributed by atoms with Gasteiger partial charge in [-0.2, -0.15) is 4.68 Å². The molecule has 1 atom stereocenters. The summed E-state index contributed by atoms with van der Waals surface area (Å²) < 4.78 is 38.6. The number of nitrogens with zero attached hydrogens (tertiary/aromatic N) is 4. The van der Waals surface area contributed by atoms with Crippen LogP contribution in [0, 0.1) is 5.92 Å². The molecule has 1 aromatic carbocycles. The third kappa shape index (κ3) is 6.40. The van der Waals surface area contributed by atoms with Crippen LogP contribution in [0.1, 0.15) is 53.9 Å². The van der Waals surface area contributed by atoms with Gasteiger partial charge in [0.1, 0.15) is 0 Å². The average Bonchev–Trinajstić information content (AvgIpc) is 3.32. The lowest BCUT2D eigenvalue weighted by Gasteiger charge is -2.32. The third-order valence-electron chi connectivity index (χ3n) is 6.05. The minimum atomic E-state index is -3.58. The van der Waals surface area contributed by atoms with E-state index in [4.69, 9.17) is 9.31 Å². The van der Waals surface area contributed by atoms with Crippen molar-refractivity contribution >= 4 is 17.0 Å². The first-order valence-electron chi connectivity index (χ1n) is 11.3. The smallest absolute Gasteiger partial charge is 0.400 e. The topological polar surface area (TPSA) is 96.2 Å². The molecule has 33 heavy (non-hydrogen) atoms. The van der Waals surface area contributed by atoms with Crippen LogP contribution in [0.5, 0.6) is 0 Å². The standard InChI is InChI=1S/C23H33BN4O4S/c1-19(16-17-24-31-22(2,3)23(4,5)32-24)13-9-6-7-12-18-33(29,30)21-25-26-27-28(21)20-14-10-8-11-15-20/h6,8-11,14-17,19H,7,12-13,18H2,1-5H3/b9-6+,17-16+/t19-/m0/s1. The summed E-state index contributed by atoms with van der Waals surface area (Å²) in [6.07, 6.45) is 8.22. The summed E-state index contributed by atoms with van der Waals surface area (Å²) in [5, 5.41) is 11.0. The number of benzene rings is 1. The highest BCUT2D eigenvalue weighted by molar-refractivity contribution is 7.91. The van der Waals surface area contributed by atoms with Crippen molar-refractivity contribution in [3.05, 3.63) is 54.5 Å². The molecule has 3 rings (SSSR count). The molecule has 10 heteroatoms. The van der Waals surface area contributed by atoms with Crippen LogP contribution in [0.25, 0.3) is 5.69 Å². The molecule has 1 fully saturated rings. The molecule has 0 N–H and O–H groups in total. The van der Waals surface area contributed by atoms with Crippen molar-refractivity contribution in [2.75, 3.05) is 5.75 Å². The van der Waals surface area contributed by atoms with Gasteiger partial charge in [-0.05, 0) is 75.4 Å². The van der Waals surface area contributed by atoms with Crippen molar-refractivity contribution in [3.63, 3.8) is 0 Å². The number of hydrogen-bond donors (Lipinski definition) is 0. The van der Waals surface area contributed by atoms with Gasteiger partial charge in [0.25, 0.3) is 5.16 Å². The Labute approximate surface area is 197 Å². The van der Waals surface area contributed by atoms with E-state index < -0.39 is 9.84 Å². The fraction of sp³-hybridized carbons (Fsp3) is 0.522. The summed E-state index contributed by atoms with van der Waals surface area (Å²) in [6.45, 7) is 10.3. The van der Waals surface area contributed by atoms with Gasteiger partial charge in [-0.15, -0.1) is 0 Å². The van der Waals surface area contributed by atoms with Gasteiger partial charge in [-0.1, -0.05) is 54.4 Å². The van der Waals surface area contributed by atoms with Crippen LogP contribution in [0.4, 0.5) is 0 Å². The van der Waals surface area contributed by atoms with E-state index in [1.807, 2.05) is 57.9 Å². The van der Waals surface area contributed by atoms with Gasteiger partial charge in [-0.3, -0.25) is 0 Å². The molecule has 1 aliphatic heterocycles. The number of tetrazole rings is 1. The Morgan fingerprint density at radius 3 is 2.42 bits per heavy atom. The second-order valence-corrected chi connectivity index (χ2v) is 11.4. The van der Waals surface area contributed by atoms with Crippen LogP contribution in [0.15, 0.2) is 59.7 Å². The highest BCUT2D eigenvalue weighted by Gasteiger charge is 2.50. The SMILES string of the molecule is C[C@H](/C=C/B1OC(C)(C)C(C)(C)O1)C/C=C/CCCS(=O)(=O)c1nnnn1-c1ccccc1. The zero-order valence-corrected chi connectivity index (χ0v) is 20.8. The van der Waals surface area contributed by atoms with Crippen molar-refractivity contribution in [1.82, 2.24) is 20.2 Å². The maximum atomic E-state index is 12.7. The van der Waals surface area contributed by atoms with Crippen LogP contribution in [-0.4, -0.2) is 52.7 Å². The first-order chi connectivity index (χ1) is 15.5. The third-order valence-corrected chi connectivity index (χ3v) is 7.68. The van der Waals surface area contributed by atoms with Gasteiger partial charge in [0, 0.05) is 0 Å². The van der Waals surface area contributed by atoms with Crippen molar-refractivity contribution in [2.45, 2.75) is 70.2 Å². The van der Waals surface area contributed by atoms with Gasteiger partial charge in [0.2, 0.25) is 9.84 Å². The summed E-state index contributed by atoms with van der Waals surface area (Å²) in [5.41, 5.74) is -0.0605. The minimum Gasteiger partial charge on any atom is -0.400 e. The number of allylic oxidation sites excluding steroid dienone is 3. The number of para-hydroxylation sites is 1. The number of rotatable bonds is 10. The number of hydrogen-bond acceptors (Lipinski definition) is 7. The van der Waals surface area contributed by atoms with Crippen molar-refractivity contribution < 1.29 is 17.7 Å². The van der Waals surface area contributed by atoms with Crippen molar-refractivity contribution in [2.24, 2.45) is 5.92 Å². The van der Waals surface area contributed by atoms with Crippen LogP contribution in [-0.2, 0) is 19.1 Å². The van der Waals surface area contributed by atoms with Crippen LogP contribution < -0.4 is 0 Å². The normalized spacial score (nSPS) is 19.0. The van der Waals surface area contributed by atoms with Gasteiger partial charge in [-0.25, -0.2) is 8.42 Å². The lowest BCUT2D eigenvalue weighted by Crippen LogP contribution is -2.41. The lowest BCUT2D eigenvalue weighted by molar-refractivity contribution is 0.00578. The Hall–Kier alpha value is -2.30. The summed E-state index contributed by atoms with van der Waals surface area (Å²) in [4.78, 5) is 0. The fourth-order valence-corrected chi connectivity index (χ4v) is 4.64. The molecule has 0 amide bonds. The number of aromatic nitrogens is 4. The van der Waals surface area contributed by atoms with E-state index in [0.29, 0.717) is 24.4 Å². The second kappa shape index (κ2) is 10.3. The molecule has 0 unspecified atom stereocenters. The van der Waals surface area contributed by atoms with E-state index in [-0.39, 0.29) is 29.2 Å². The average molecular weight is 472 g/mol. The summed E-state index contributed by atoms with van der Waals surface area (Å²) in [5.74, 6) is 2.28. The largest absolute Gasteiger partial charge is 0.486 e. The molecule has 0 spiro atoms. The first kappa shape index (κ1) is 25.3. The maximum absolute atomic E-state index is 12.7. The monoisotopic (exact) mass is 472 g/mol. The van der Waals surface area contributed by atoms with E-state index in [1.165, 1.54) is 4.68 Å². The molecule has 2 heterocycles. The number of unbranched alkanes of at least 4 members (excludes halogenated alkanes) is 1. The summed E-state index contributed by atoms with van der Waals surface area (Å²) in [7, 11) is -3.92. The van der Waals surface area contributed by atoms with Crippen molar-refractivity contribution in [3.8, 4) is 5.69 Å². The Balaban J connectivity index is 1.43. The summed E-state index contributed by atoms with van der Waals surface area (Å²) in [6, 6.07) is 9.00. The minimum absolute atomic E-state index is 0.0120. The molecule has 0 aliphatic carbocycles. The van der Waals surface area contributed by atoms with Crippen LogP contribution in [0.2, 0.25) is 0 Å². The number of sulfone groups is 1. The van der Waals surface area contributed by atoms with Gasteiger partial charge >= 0.3 is 7.12 Å². The van der Waals surface area contributed by atoms with Gasteiger partial charge < -0.3 is 9.31 Å². The summed E-state index contributed by atoms with van der Waals surface area (Å²) >= 11 is 0. The zero-order valence-electron chi connectivity index (χ0n) is 20.0. The lowest BCUT2D eigenvalue weighted by atomic mass is 9.88. The highest BCUT2D eigenvalue weighted by atomic mass is 32.2. The molecule has 0 bridgehead atoms. The van der Waals surface area contributed by atoms with E-state index in [9.17, 15) is 8.42 Å². The van der Waals surface area contributed by atoms with Crippen molar-refractivity contribution in [1.29, 1.82) is 0 Å². The highest BCUT2D eigenvalue weighted by Crippen LogP contribution is 2.37. The predicted molar refractivity (Wildman–Crippen MR) is 129 cm³/mol. The zero-order chi connectivity index (χ0) is 24.1. The molecule has 1 aromatic heterocycles. The molecule has 178 valence electrons. The molecule has 1 aliphatic rings. The Morgan fingerprint density at radius 1 is 1.09 bits per heavy atom. The van der Waals surface area contributed by atoms with E-state index in [1.54, 1.807) is 12.1 Å². The Bertz CT molecular complexity index is 1060. The maximum Gasteiger partial charge on any atom is 0.486 e. The molecular formula is C23H33BN4O4S. The van der Waals surface area contributed by atoms with E-state index in [0.717, 1.165) is 6.42 Å². The first-order valence-corrected chi connectivity index (χ1v) is 12.9. The molecular weight excluding hydrogens is 439 g/mol.